The van der Waals surface area contributed by atoms with Gasteiger partial charge in [0.2, 0.25) is 17.4 Å². The fraction of sp³-hybridized carbons (Fsp3) is 0.182. The first-order chi connectivity index (χ1) is 12.8. The van der Waals surface area contributed by atoms with E-state index in [2.05, 4.69) is 28.8 Å². The Morgan fingerprint density at radius 3 is 2.62 bits per heavy atom. The predicted octanol–water partition coefficient (Wildman–Crippen LogP) is 3.41. The van der Waals surface area contributed by atoms with Gasteiger partial charge in [0.05, 0.1) is 0 Å². The van der Waals surface area contributed by atoms with Crippen molar-refractivity contribution in [2.75, 3.05) is 6.54 Å². The fourth-order valence-electron chi connectivity index (χ4n) is 3.13. The largest absolute Gasteiger partial charge is 0.482 e. The van der Waals surface area contributed by atoms with E-state index < -0.39 is 0 Å². The lowest BCUT2D eigenvalue weighted by molar-refractivity contribution is -0.543. The summed E-state index contributed by atoms with van der Waals surface area (Å²) in [7, 11) is 0. The first kappa shape index (κ1) is 16.3. The third-order valence-electron chi connectivity index (χ3n) is 4.53. The SMILES string of the molecule is O=c1cc(/C=[N+]2\CCc3ccccc3C2)occ1OCc1ccccc1. The van der Waals surface area contributed by atoms with Crippen molar-refractivity contribution < 1.29 is 13.7 Å². The van der Waals surface area contributed by atoms with E-state index in [-0.39, 0.29) is 11.2 Å². The lowest BCUT2D eigenvalue weighted by atomic mass is 10.0. The number of rotatable bonds is 4. The van der Waals surface area contributed by atoms with Gasteiger partial charge in [-0.25, -0.2) is 4.58 Å². The van der Waals surface area contributed by atoms with Crippen LogP contribution in [-0.4, -0.2) is 17.3 Å². The summed E-state index contributed by atoms with van der Waals surface area (Å²) in [5.41, 5.74) is 3.55. The van der Waals surface area contributed by atoms with Crippen molar-refractivity contribution in [3.63, 3.8) is 0 Å². The molecule has 2 heterocycles. The maximum absolute atomic E-state index is 12.3. The first-order valence-corrected chi connectivity index (χ1v) is 8.73. The van der Waals surface area contributed by atoms with Crippen LogP contribution in [0.25, 0.3) is 0 Å². The second kappa shape index (κ2) is 7.40. The third kappa shape index (κ3) is 3.75. The van der Waals surface area contributed by atoms with E-state index in [1.807, 2.05) is 36.5 Å². The molecule has 1 aromatic heterocycles. The third-order valence-corrected chi connectivity index (χ3v) is 4.53. The van der Waals surface area contributed by atoms with E-state index in [4.69, 9.17) is 9.15 Å². The summed E-state index contributed by atoms with van der Waals surface area (Å²) in [6, 6.07) is 19.7. The van der Waals surface area contributed by atoms with Crippen LogP contribution in [0.4, 0.5) is 0 Å². The van der Waals surface area contributed by atoms with E-state index in [0.717, 1.165) is 25.1 Å². The zero-order valence-corrected chi connectivity index (χ0v) is 14.4. The smallest absolute Gasteiger partial charge is 0.227 e. The van der Waals surface area contributed by atoms with Crippen molar-refractivity contribution >= 4 is 6.21 Å². The summed E-state index contributed by atoms with van der Waals surface area (Å²) >= 11 is 0. The average molecular weight is 346 g/mol. The van der Waals surface area contributed by atoms with E-state index >= 15 is 0 Å². The van der Waals surface area contributed by atoms with Gasteiger partial charge in [-0.15, -0.1) is 0 Å². The van der Waals surface area contributed by atoms with E-state index in [9.17, 15) is 4.79 Å². The highest BCUT2D eigenvalue weighted by atomic mass is 16.5. The molecule has 1 aliphatic rings. The molecule has 0 fully saturated rings. The summed E-state index contributed by atoms with van der Waals surface area (Å²) in [6.45, 7) is 2.08. The molecule has 0 saturated heterocycles. The molecule has 0 spiro atoms. The molecule has 130 valence electrons. The van der Waals surface area contributed by atoms with Crippen molar-refractivity contribution in [2.45, 2.75) is 19.6 Å². The summed E-state index contributed by atoms with van der Waals surface area (Å²) in [4.78, 5) is 12.3. The van der Waals surface area contributed by atoms with E-state index in [1.54, 1.807) is 0 Å². The molecule has 0 amide bonds. The lowest BCUT2D eigenvalue weighted by Gasteiger charge is -2.14. The molecule has 0 radical (unpaired) electrons. The normalized spacial score (nSPS) is 14.8. The van der Waals surface area contributed by atoms with Crippen LogP contribution in [0.15, 0.2) is 76.1 Å². The number of nitrogens with zero attached hydrogens (tertiary/aromatic N) is 1. The van der Waals surface area contributed by atoms with Gasteiger partial charge in [0.15, 0.2) is 12.3 Å². The second-order valence-electron chi connectivity index (χ2n) is 6.40. The molecule has 0 bridgehead atoms. The van der Waals surface area contributed by atoms with Crippen LogP contribution in [0.5, 0.6) is 5.75 Å². The zero-order chi connectivity index (χ0) is 17.8. The van der Waals surface area contributed by atoms with Crippen molar-refractivity contribution in [1.29, 1.82) is 0 Å². The molecular weight excluding hydrogens is 326 g/mol. The Hall–Kier alpha value is -3.14. The van der Waals surface area contributed by atoms with Gasteiger partial charge in [-0.1, -0.05) is 54.6 Å². The van der Waals surface area contributed by atoms with Gasteiger partial charge in [-0.2, -0.15) is 0 Å². The predicted molar refractivity (Wildman–Crippen MR) is 99.9 cm³/mol. The minimum atomic E-state index is -0.171. The van der Waals surface area contributed by atoms with Gasteiger partial charge < -0.3 is 9.15 Å². The summed E-state index contributed by atoms with van der Waals surface area (Å²) in [5, 5.41) is 0. The highest BCUT2D eigenvalue weighted by molar-refractivity contribution is 5.71. The van der Waals surface area contributed by atoms with Crippen LogP contribution in [0.1, 0.15) is 22.5 Å². The van der Waals surface area contributed by atoms with Crippen molar-refractivity contribution in [1.82, 2.24) is 0 Å². The van der Waals surface area contributed by atoms with Crippen molar-refractivity contribution in [2.24, 2.45) is 0 Å². The Labute approximate surface area is 152 Å². The quantitative estimate of drug-likeness (QED) is 0.680. The van der Waals surface area contributed by atoms with Gasteiger partial charge in [0.25, 0.3) is 0 Å². The molecule has 0 saturated carbocycles. The van der Waals surface area contributed by atoms with Gasteiger partial charge in [0.1, 0.15) is 19.4 Å². The maximum Gasteiger partial charge on any atom is 0.227 e. The molecule has 0 atom stereocenters. The Balaban J connectivity index is 1.47. The van der Waals surface area contributed by atoms with Crippen LogP contribution in [-0.2, 0) is 19.6 Å². The Kier molecular flexibility index (Phi) is 4.65. The highest BCUT2D eigenvalue weighted by Gasteiger charge is 2.18. The Bertz CT molecular complexity index is 990. The first-order valence-electron chi connectivity index (χ1n) is 8.73. The van der Waals surface area contributed by atoms with Gasteiger partial charge in [-0.05, 0) is 11.1 Å². The molecule has 1 aliphatic heterocycles. The molecule has 26 heavy (non-hydrogen) atoms. The Morgan fingerprint density at radius 2 is 1.81 bits per heavy atom. The molecule has 0 unspecified atom stereocenters. The molecular formula is C22H20NO3+. The van der Waals surface area contributed by atoms with E-state index in [0.29, 0.717) is 12.4 Å². The molecule has 2 aromatic carbocycles. The number of hydrogen-bond donors (Lipinski definition) is 0. The molecule has 0 N–H and O–H groups in total. The number of hydrogen-bond acceptors (Lipinski definition) is 3. The maximum atomic E-state index is 12.3. The van der Waals surface area contributed by atoms with Gasteiger partial charge in [-0.3, -0.25) is 4.79 Å². The van der Waals surface area contributed by atoms with Crippen LogP contribution in [0, 0.1) is 0 Å². The number of fused-ring (bicyclic) bond motifs is 1. The Morgan fingerprint density at radius 1 is 1.04 bits per heavy atom. The standard InChI is InChI=1S/C22H20NO3/c24-21-12-20(14-23-11-10-18-8-4-5-9-19(18)13-23)25-16-22(21)26-15-17-6-2-1-3-7-17/h1-9,12,14,16H,10-11,13,15H2/q+1/b23-14+. The summed E-state index contributed by atoms with van der Waals surface area (Å²) in [5.74, 6) is 0.774. The van der Waals surface area contributed by atoms with Crippen LogP contribution in [0.2, 0.25) is 0 Å². The van der Waals surface area contributed by atoms with Crippen molar-refractivity contribution in [3.8, 4) is 5.75 Å². The molecule has 4 rings (SSSR count). The monoisotopic (exact) mass is 346 g/mol. The van der Waals surface area contributed by atoms with Crippen molar-refractivity contribution in [3.05, 3.63) is 99.6 Å². The lowest BCUT2D eigenvalue weighted by Crippen LogP contribution is -2.23. The topological polar surface area (TPSA) is 42.5 Å². The fourth-order valence-corrected chi connectivity index (χ4v) is 3.13. The zero-order valence-electron chi connectivity index (χ0n) is 14.4. The molecule has 3 aromatic rings. The second-order valence-corrected chi connectivity index (χ2v) is 6.40. The number of benzene rings is 2. The molecule has 0 aliphatic carbocycles. The highest BCUT2D eigenvalue weighted by Crippen LogP contribution is 2.16. The number of ether oxygens (including phenoxy) is 1. The van der Waals surface area contributed by atoms with Crippen LogP contribution < -0.4 is 10.2 Å². The molecule has 4 heteroatoms. The van der Waals surface area contributed by atoms with Gasteiger partial charge >= 0.3 is 0 Å². The average Bonchev–Trinajstić information content (AvgIpc) is 2.68. The minimum absolute atomic E-state index is 0.171. The van der Waals surface area contributed by atoms with Crippen LogP contribution in [0.3, 0.4) is 0 Å². The summed E-state index contributed by atoms with van der Waals surface area (Å²) < 4.78 is 13.3. The minimum Gasteiger partial charge on any atom is -0.482 e. The molecule has 4 nitrogen and oxygen atoms in total. The van der Waals surface area contributed by atoms with Crippen LogP contribution >= 0.6 is 0 Å². The summed E-state index contributed by atoms with van der Waals surface area (Å²) in [6.07, 6.45) is 4.29. The van der Waals surface area contributed by atoms with E-state index in [1.165, 1.54) is 23.5 Å². The van der Waals surface area contributed by atoms with Gasteiger partial charge in [0, 0.05) is 18.1 Å².